The Kier molecular flexibility index (Phi) is 11.2. The molecule has 0 saturated heterocycles. The van der Waals surface area contributed by atoms with Crippen LogP contribution in [-0.4, -0.2) is 18.0 Å². The molecule has 0 fully saturated rings. The monoisotopic (exact) mass is 857 g/mol. The second-order valence-corrected chi connectivity index (χ2v) is 18.9. The first-order valence-electron chi connectivity index (χ1n) is 17.1. The molecule has 3 aromatic heterocycles. The molecule has 0 aliphatic rings. The zero-order valence-electron chi connectivity index (χ0n) is 29.4. The third-order valence-corrected chi connectivity index (χ3v) is 11.0. The number of aryl methyl sites for hydroxylation is 1. The quantitative estimate of drug-likeness (QED) is 0.118. The summed E-state index contributed by atoms with van der Waals surface area (Å²) < 4.78 is 6.12. The molecular formula is C46H40IrN2OSi-2. The van der Waals surface area contributed by atoms with Crippen LogP contribution in [0.4, 0.5) is 0 Å². The fourth-order valence-corrected chi connectivity index (χ4v) is 7.95. The Morgan fingerprint density at radius 2 is 1.35 bits per heavy atom. The van der Waals surface area contributed by atoms with Crippen LogP contribution in [0.5, 0.6) is 0 Å². The Morgan fingerprint density at radius 1 is 0.647 bits per heavy atom. The molecule has 255 valence electrons. The molecule has 0 saturated carbocycles. The Hall–Kier alpha value is -4.93. The Bertz CT molecular complexity index is 2360. The summed E-state index contributed by atoms with van der Waals surface area (Å²) in [6.07, 6.45) is 5.81. The average Bonchev–Trinajstić information content (AvgIpc) is 3.52. The maximum atomic E-state index is 6.12. The van der Waals surface area contributed by atoms with Crippen molar-refractivity contribution in [3.05, 3.63) is 186 Å². The third-order valence-electron chi connectivity index (χ3n) is 8.95. The molecule has 51 heavy (non-hydrogen) atoms. The molecule has 0 N–H and O–H groups in total. The molecule has 3 nitrogen and oxygen atoms in total. The normalized spacial score (nSPS) is 11.1. The largest absolute Gasteiger partial charge is 0.501 e. The topological polar surface area (TPSA) is 38.9 Å². The fourth-order valence-electron chi connectivity index (χ4n) is 6.38. The molecule has 8 aromatic rings. The summed E-state index contributed by atoms with van der Waals surface area (Å²) >= 11 is 0. The number of aromatic nitrogens is 2. The molecule has 5 heteroatoms. The molecule has 0 aliphatic heterocycles. The van der Waals surface area contributed by atoms with Crippen LogP contribution in [0.1, 0.15) is 27.8 Å². The van der Waals surface area contributed by atoms with Gasteiger partial charge in [0.05, 0.1) is 13.7 Å². The number of rotatable bonds is 7. The Morgan fingerprint density at radius 3 is 2.06 bits per heavy atom. The predicted octanol–water partition coefficient (Wildman–Crippen LogP) is 11.0. The smallest absolute Gasteiger partial charge is 0.120 e. The van der Waals surface area contributed by atoms with E-state index in [1.807, 2.05) is 42.6 Å². The number of pyridine rings is 2. The van der Waals surface area contributed by atoms with Crippen molar-refractivity contribution >= 4 is 35.2 Å². The van der Waals surface area contributed by atoms with E-state index in [9.17, 15) is 0 Å². The van der Waals surface area contributed by atoms with E-state index in [0.29, 0.717) is 0 Å². The van der Waals surface area contributed by atoms with Gasteiger partial charge in [-0.05, 0) is 58.2 Å². The van der Waals surface area contributed by atoms with Gasteiger partial charge in [-0.1, -0.05) is 134 Å². The van der Waals surface area contributed by atoms with Gasteiger partial charge in [0.25, 0.3) is 0 Å². The van der Waals surface area contributed by atoms with Crippen molar-refractivity contribution in [2.75, 3.05) is 0 Å². The van der Waals surface area contributed by atoms with Crippen molar-refractivity contribution in [2.24, 2.45) is 0 Å². The van der Waals surface area contributed by atoms with E-state index in [1.165, 1.54) is 33.0 Å². The van der Waals surface area contributed by atoms with E-state index in [0.717, 1.165) is 57.3 Å². The molecule has 0 amide bonds. The van der Waals surface area contributed by atoms with Crippen molar-refractivity contribution in [3.63, 3.8) is 0 Å². The first-order valence-corrected chi connectivity index (χ1v) is 20.6. The number of furan rings is 1. The van der Waals surface area contributed by atoms with Crippen LogP contribution < -0.4 is 5.19 Å². The molecular weight excluding hydrogens is 817 g/mol. The van der Waals surface area contributed by atoms with Crippen LogP contribution in [0.15, 0.2) is 150 Å². The summed E-state index contributed by atoms with van der Waals surface area (Å²) in [7, 11) is -1.44. The number of benzene rings is 5. The van der Waals surface area contributed by atoms with E-state index in [-0.39, 0.29) is 20.1 Å². The minimum absolute atomic E-state index is 0. The third kappa shape index (κ3) is 8.52. The van der Waals surface area contributed by atoms with Gasteiger partial charge in [0.2, 0.25) is 0 Å². The van der Waals surface area contributed by atoms with Crippen LogP contribution in [-0.2, 0) is 32.9 Å². The van der Waals surface area contributed by atoms with E-state index in [4.69, 9.17) is 9.40 Å². The van der Waals surface area contributed by atoms with Gasteiger partial charge in [-0.3, -0.25) is 0 Å². The molecule has 0 bridgehead atoms. The van der Waals surface area contributed by atoms with Crippen LogP contribution in [0, 0.1) is 19.1 Å². The minimum atomic E-state index is -1.44. The van der Waals surface area contributed by atoms with Crippen LogP contribution in [0.25, 0.3) is 44.5 Å². The Balaban J connectivity index is 0.000000173. The predicted molar refractivity (Wildman–Crippen MR) is 211 cm³/mol. The number of para-hydroxylation sites is 1. The molecule has 0 atom stereocenters. The van der Waals surface area contributed by atoms with Crippen molar-refractivity contribution in [1.82, 2.24) is 9.97 Å². The second-order valence-electron chi connectivity index (χ2n) is 13.8. The summed E-state index contributed by atoms with van der Waals surface area (Å²) in [5.41, 5.74) is 12.1. The molecule has 8 rings (SSSR count). The number of hydrogen-bond acceptors (Lipinski definition) is 3. The summed E-state index contributed by atoms with van der Waals surface area (Å²) in [6, 6.07) is 52.7. The van der Waals surface area contributed by atoms with Crippen molar-refractivity contribution in [1.29, 1.82) is 0 Å². The van der Waals surface area contributed by atoms with Gasteiger partial charge in [-0.2, -0.15) is 0 Å². The van der Waals surface area contributed by atoms with Crippen LogP contribution >= 0.6 is 0 Å². The summed E-state index contributed by atoms with van der Waals surface area (Å²) in [4.78, 5) is 9.33. The summed E-state index contributed by atoms with van der Waals surface area (Å²) in [5.74, 6) is 0. The molecule has 1 radical (unpaired) electrons. The van der Waals surface area contributed by atoms with E-state index < -0.39 is 8.07 Å². The van der Waals surface area contributed by atoms with E-state index in [1.54, 1.807) is 0 Å². The Labute approximate surface area is 315 Å². The molecule has 3 heterocycles. The standard InChI is InChI=1S/C24H16NO.C22H24NSi.Ir/c1-2-7-17(8-3-1)15-18-13-14-25-22(16-18)21-11-6-10-20-19-9-4-5-12-23(19)26-24(20)21;1-17-10-12-19(13-11-17)21-15-20(14-18-8-6-5-7-9-18)22(16-23-21)24(2,3)4;/h1-10,12-14,16H,15H2;5-12,15-16H,14H2,1-4H3;/q2*-1;. The van der Waals surface area contributed by atoms with Gasteiger partial charge in [-0.25, -0.2) is 0 Å². The van der Waals surface area contributed by atoms with Crippen molar-refractivity contribution in [2.45, 2.75) is 39.4 Å². The molecule has 0 unspecified atom stereocenters. The minimum Gasteiger partial charge on any atom is -0.501 e. The van der Waals surface area contributed by atoms with Crippen molar-refractivity contribution in [3.8, 4) is 22.5 Å². The van der Waals surface area contributed by atoms with Gasteiger partial charge < -0.3 is 14.4 Å². The fraction of sp³-hybridized carbons (Fsp3) is 0.130. The average molecular weight is 857 g/mol. The number of fused-ring (bicyclic) bond motifs is 3. The van der Waals surface area contributed by atoms with Gasteiger partial charge >= 0.3 is 0 Å². The van der Waals surface area contributed by atoms with Gasteiger partial charge in [0, 0.05) is 37.9 Å². The second kappa shape index (κ2) is 16.0. The molecule has 0 aliphatic carbocycles. The van der Waals surface area contributed by atoms with Gasteiger partial charge in [0.1, 0.15) is 5.58 Å². The van der Waals surface area contributed by atoms with Gasteiger partial charge in [-0.15, -0.1) is 53.6 Å². The first-order chi connectivity index (χ1) is 24.3. The maximum Gasteiger partial charge on any atom is 0.120 e. The summed E-state index contributed by atoms with van der Waals surface area (Å²) in [5, 5.41) is 3.67. The zero-order valence-corrected chi connectivity index (χ0v) is 32.8. The van der Waals surface area contributed by atoms with Crippen molar-refractivity contribution < 1.29 is 24.5 Å². The van der Waals surface area contributed by atoms with Gasteiger partial charge in [0.15, 0.2) is 0 Å². The number of hydrogen-bond donors (Lipinski definition) is 0. The van der Waals surface area contributed by atoms with Crippen LogP contribution in [0.3, 0.4) is 0 Å². The number of nitrogens with zero attached hydrogens (tertiary/aromatic N) is 2. The molecule has 0 spiro atoms. The maximum absolute atomic E-state index is 6.12. The van der Waals surface area contributed by atoms with E-state index >= 15 is 0 Å². The van der Waals surface area contributed by atoms with E-state index in [2.05, 4.69) is 147 Å². The van der Waals surface area contributed by atoms with Crippen LogP contribution in [0.2, 0.25) is 19.6 Å². The molecule has 5 aromatic carbocycles. The SMILES string of the molecule is Cc1c[c-]c(-c2cc(Cc3ccccc3)c([Si](C)(C)C)cn2)cc1.[Ir].[c-]1ccc2c(oc3ccccc32)c1-c1cc(Cc2ccccc2)ccn1. The first kappa shape index (κ1) is 35.9. The summed E-state index contributed by atoms with van der Waals surface area (Å²) in [6.45, 7) is 9.24. The zero-order chi connectivity index (χ0) is 34.5.